The molecule has 0 unspecified atom stereocenters. The Bertz CT molecular complexity index is 153. The first-order valence-corrected chi connectivity index (χ1v) is 2.42. The fourth-order valence-electron chi connectivity index (χ4n) is 0.494. The van der Waals surface area contributed by atoms with Crippen LogP contribution in [0.5, 0.6) is 0 Å². The molecule has 1 rings (SSSR count). The van der Waals surface area contributed by atoms with Crippen molar-refractivity contribution in [2.24, 2.45) is 0 Å². The van der Waals surface area contributed by atoms with E-state index in [9.17, 15) is 0 Å². The Morgan fingerprint density at radius 1 is 1.88 bits per heavy atom. The minimum Gasteiger partial charge on any atom is -0.325 e. The number of hydrogen-bond acceptors (Lipinski definition) is 1. The smallest absolute Gasteiger partial charge is 0.0954 e. The molecule has 1 heterocycles. The van der Waals surface area contributed by atoms with Crippen LogP contribution in [0.25, 0.3) is 0 Å². The molecule has 0 aliphatic carbocycles. The monoisotopic (exact) mass is 107 g/mol. The normalized spacial score (nSPS) is 9.00. The van der Waals surface area contributed by atoms with Gasteiger partial charge in [-0.1, -0.05) is 6.08 Å². The van der Waals surface area contributed by atoms with Gasteiger partial charge in [0, 0.05) is 6.54 Å². The molecule has 0 fully saturated rings. The highest BCUT2D eigenvalue weighted by Crippen LogP contribution is 1.82. The zero-order valence-electron chi connectivity index (χ0n) is 4.54. The molecule has 1 aromatic rings. The van der Waals surface area contributed by atoms with Gasteiger partial charge >= 0.3 is 0 Å². The third-order valence-corrected chi connectivity index (χ3v) is 0.830. The summed E-state index contributed by atoms with van der Waals surface area (Å²) in [6, 6.07) is 0. The molecule has 8 heavy (non-hydrogen) atoms. The highest BCUT2D eigenvalue weighted by Gasteiger charge is 1.80. The van der Waals surface area contributed by atoms with Gasteiger partial charge in [-0.3, -0.25) is 0 Å². The van der Waals surface area contributed by atoms with E-state index >= 15 is 0 Å². The van der Waals surface area contributed by atoms with Crippen LogP contribution < -0.4 is 0 Å². The van der Waals surface area contributed by atoms with E-state index < -0.39 is 0 Å². The lowest BCUT2D eigenvalue weighted by molar-refractivity contribution is 0.816. The van der Waals surface area contributed by atoms with E-state index in [2.05, 4.69) is 17.8 Å². The maximum absolute atomic E-state index is 3.80. The standard InChI is InChI=1S/C6H7N2/c1-2-4-8-5-3-7-6-8/h2-3,6H,1,4H2. The first kappa shape index (κ1) is 5.09. The quantitative estimate of drug-likeness (QED) is 0.513. The summed E-state index contributed by atoms with van der Waals surface area (Å²) in [5.41, 5.74) is 0. The second-order valence-corrected chi connectivity index (χ2v) is 1.46. The molecule has 0 spiro atoms. The number of aromatic nitrogens is 2. The van der Waals surface area contributed by atoms with Crippen LogP contribution in [0.3, 0.4) is 0 Å². The van der Waals surface area contributed by atoms with Crippen LogP contribution in [-0.4, -0.2) is 9.55 Å². The average molecular weight is 107 g/mol. The van der Waals surface area contributed by atoms with E-state index in [1.807, 2.05) is 4.57 Å². The Balaban J connectivity index is 2.62. The van der Waals surface area contributed by atoms with Crippen LogP contribution in [0.1, 0.15) is 0 Å². The largest absolute Gasteiger partial charge is 0.325 e. The number of hydrogen-bond donors (Lipinski definition) is 0. The molecular weight excluding hydrogens is 100 g/mol. The van der Waals surface area contributed by atoms with Gasteiger partial charge in [-0.15, -0.1) is 6.58 Å². The van der Waals surface area contributed by atoms with Crippen molar-refractivity contribution in [3.63, 3.8) is 0 Å². The lowest BCUT2D eigenvalue weighted by Crippen LogP contribution is -1.88. The van der Waals surface area contributed by atoms with E-state index in [1.165, 1.54) is 0 Å². The maximum atomic E-state index is 3.80. The zero-order valence-corrected chi connectivity index (χ0v) is 4.54. The highest BCUT2D eigenvalue weighted by atomic mass is 15.0. The first-order chi connectivity index (χ1) is 3.93. The Morgan fingerprint density at radius 2 is 2.75 bits per heavy atom. The number of allylic oxidation sites excluding steroid dienone is 1. The van der Waals surface area contributed by atoms with Crippen molar-refractivity contribution in [3.05, 3.63) is 31.4 Å². The van der Waals surface area contributed by atoms with Crippen LogP contribution in [0.4, 0.5) is 0 Å². The van der Waals surface area contributed by atoms with Crippen LogP contribution >= 0.6 is 0 Å². The molecule has 41 valence electrons. The van der Waals surface area contributed by atoms with Crippen LogP contribution in [0.15, 0.2) is 25.2 Å². The summed E-state index contributed by atoms with van der Waals surface area (Å²) in [4.78, 5) is 3.80. The number of imidazole rings is 1. The van der Waals surface area contributed by atoms with Gasteiger partial charge in [-0.2, -0.15) is 0 Å². The molecule has 0 atom stereocenters. The summed E-state index contributed by atoms with van der Waals surface area (Å²) in [7, 11) is 0. The van der Waals surface area contributed by atoms with Crippen molar-refractivity contribution < 1.29 is 0 Å². The second kappa shape index (κ2) is 2.31. The van der Waals surface area contributed by atoms with Gasteiger partial charge in [-0.25, -0.2) is 4.98 Å². The molecule has 1 aromatic heterocycles. The van der Waals surface area contributed by atoms with Crippen molar-refractivity contribution in [3.8, 4) is 0 Å². The molecule has 0 N–H and O–H groups in total. The molecule has 0 amide bonds. The molecule has 2 nitrogen and oxygen atoms in total. The topological polar surface area (TPSA) is 17.8 Å². The van der Waals surface area contributed by atoms with Crippen molar-refractivity contribution in [2.45, 2.75) is 6.54 Å². The average Bonchev–Trinajstić information content (AvgIpc) is 2.19. The van der Waals surface area contributed by atoms with Gasteiger partial charge in [0.2, 0.25) is 0 Å². The van der Waals surface area contributed by atoms with E-state index in [4.69, 9.17) is 0 Å². The van der Waals surface area contributed by atoms with Crippen LogP contribution in [0, 0.1) is 6.20 Å². The summed E-state index contributed by atoms with van der Waals surface area (Å²) in [6.07, 6.45) is 8.01. The molecule has 1 radical (unpaired) electrons. The number of nitrogens with zero attached hydrogens (tertiary/aromatic N) is 2. The number of rotatable bonds is 2. The van der Waals surface area contributed by atoms with Crippen molar-refractivity contribution in [2.75, 3.05) is 0 Å². The second-order valence-electron chi connectivity index (χ2n) is 1.46. The maximum Gasteiger partial charge on any atom is 0.0954 e. The fourth-order valence-corrected chi connectivity index (χ4v) is 0.494. The van der Waals surface area contributed by atoms with Gasteiger partial charge in [0.25, 0.3) is 0 Å². The van der Waals surface area contributed by atoms with E-state index in [0.29, 0.717) is 0 Å². The molecule has 0 aliphatic rings. The summed E-state index contributed by atoms with van der Waals surface area (Å²) in [5, 5.41) is 0. The van der Waals surface area contributed by atoms with Crippen molar-refractivity contribution in [1.82, 2.24) is 9.55 Å². The predicted octanol–water partition coefficient (Wildman–Crippen LogP) is 0.869. The van der Waals surface area contributed by atoms with E-state index in [1.54, 1.807) is 18.6 Å². The van der Waals surface area contributed by atoms with Crippen LogP contribution in [-0.2, 0) is 6.54 Å². The van der Waals surface area contributed by atoms with Gasteiger partial charge in [0.15, 0.2) is 0 Å². The SMILES string of the molecule is C=CCn1[c]cnc1. The summed E-state index contributed by atoms with van der Waals surface area (Å²) in [5.74, 6) is 0. The molecule has 0 saturated heterocycles. The van der Waals surface area contributed by atoms with Gasteiger partial charge in [0.05, 0.1) is 18.7 Å². The summed E-state index contributed by atoms with van der Waals surface area (Å²) < 4.78 is 1.83. The Hall–Kier alpha value is -1.05. The van der Waals surface area contributed by atoms with Gasteiger partial charge in [-0.05, 0) is 0 Å². The van der Waals surface area contributed by atoms with E-state index in [0.717, 1.165) is 6.54 Å². The molecule has 2 heteroatoms. The summed E-state index contributed by atoms with van der Waals surface area (Å²) in [6.45, 7) is 4.36. The van der Waals surface area contributed by atoms with Gasteiger partial charge in [0.1, 0.15) is 0 Å². The molecule has 0 aromatic carbocycles. The third kappa shape index (κ3) is 0.964. The summed E-state index contributed by atoms with van der Waals surface area (Å²) >= 11 is 0. The Labute approximate surface area is 48.5 Å². The zero-order chi connectivity index (χ0) is 5.82. The molecule has 0 bridgehead atoms. The van der Waals surface area contributed by atoms with Crippen LogP contribution in [0.2, 0.25) is 0 Å². The molecule has 0 saturated carbocycles. The molecule has 0 aliphatic heterocycles. The molecular formula is C6H7N2. The highest BCUT2D eigenvalue weighted by molar-refractivity contribution is 4.76. The lowest BCUT2D eigenvalue weighted by atomic mass is 10.6. The third-order valence-electron chi connectivity index (χ3n) is 0.830. The van der Waals surface area contributed by atoms with Crippen molar-refractivity contribution in [1.29, 1.82) is 0 Å². The minimum absolute atomic E-state index is 0.792. The Kier molecular flexibility index (Phi) is 1.47. The lowest BCUT2D eigenvalue weighted by Gasteiger charge is -1.88. The first-order valence-electron chi connectivity index (χ1n) is 2.42. The Morgan fingerprint density at radius 3 is 3.25 bits per heavy atom. The fraction of sp³-hybridized carbons (Fsp3) is 0.167. The van der Waals surface area contributed by atoms with Crippen molar-refractivity contribution >= 4 is 0 Å². The van der Waals surface area contributed by atoms with Gasteiger partial charge < -0.3 is 4.57 Å². The predicted molar refractivity (Wildman–Crippen MR) is 31.3 cm³/mol. The van der Waals surface area contributed by atoms with E-state index in [-0.39, 0.29) is 0 Å². The minimum atomic E-state index is 0.792.